The Bertz CT molecular complexity index is 2170. The van der Waals surface area contributed by atoms with Crippen LogP contribution in [0.5, 0.6) is 0 Å². The van der Waals surface area contributed by atoms with E-state index in [2.05, 4.69) is 243 Å². The summed E-state index contributed by atoms with van der Waals surface area (Å²) >= 11 is 0. The van der Waals surface area contributed by atoms with Gasteiger partial charge in [0.15, 0.2) is 0 Å². The smallest absolute Gasteiger partial charge is 0.000641 e. The van der Waals surface area contributed by atoms with Gasteiger partial charge in [-0.05, 0) is 70.5 Å². The molecule has 0 N–H and O–H groups in total. The van der Waals surface area contributed by atoms with Crippen molar-refractivity contribution in [2.24, 2.45) is 0 Å². The molecule has 0 spiro atoms. The topological polar surface area (TPSA) is 0 Å². The van der Waals surface area contributed by atoms with Crippen molar-refractivity contribution in [1.82, 2.24) is 0 Å². The van der Waals surface area contributed by atoms with Gasteiger partial charge in [0.2, 0.25) is 0 Å². The first-order chi connectivity index (χ1) is 26.9. The molecular weight excluding hydrogens is 687 g/mol. The lowest BCUT2D eigenvalue weighted by molar-refractivity contribution is 1.57. The van der Waals surface area contributed by atoms with Crippen molar-refractivity contribution in [2.75, 3.05) is 0 Å². The summed E-state index contributed by atoms with van der Waals surface area (Å²) in [5.41, 5.74) is 7.34. The highest BCUT2D eigenvalue weighted by molar-refractivity contribution is 7.83. The number of rotatable bonds is 11. The zero-order valence-corrected chi connectivity index (χ0v) is 31.8. The van der Waals surface area contributed by atoms with Gasteiger partial charge >= 0.3 is 0 Å². The van der Waals surface area contributed by atoms with Crippen LogP contribution in [-0.2, 0) is 0 Å². The average molecular weight is 727 g/mol. The highest BCUT2D eigenvalue weighted by atomic mass is 31.1. The van der Waals surface area contributed by atoms with Crippen LogP contribution in [0.3, 0.4) is 0 Å². The van der Waals surface area contributed by atoms with Gasteiger partial charge in [0.05, 0.1) is 0 Å². The summed E-state index contributed by atoms with van der Waals surface area (Å²) in [6.07, 6.45) is 0. The highest BCUT2D eigenvalue weighted by Gasteiger charge is 2.32. The molecule has 0 heterocycles. The van der Waals surface area contributed by atoms with E-state index in [1.54, 1.807) is 0 Å². The van der Waals surface area contributed by atoms with Crippen LogP contribution >= 0.6 is 15.8 Å². The average Bonchev–Trinajstić information content (AvgIpc) is 3.27. The van der Waals surface area contributed by atoms with Crippen molar-refractivity contribution in [1.29, 1.82) is 0 Å². The summed E-state index contributed by atoms with van der Waals surface area (Å²) in [6.45, 7) is 0. The van der Waals surface area contributed by atoms with Crippen LogP contribution in [0.25, 0.3) is 21.8 Å². The number of hydrogen-bond acceptors (Lipinski definition) is 0. The van der Waals surface area contributed by atoms with Gasteiger partial charge in [0.25, 0.3) is 0 Å². The van der Waals surface area contributed by atoms with Crippen LogP contribution < -0.4 is 21.2 Å². The van der Waals surface area contributed by atoms with Gasteiger partial charge in [-0.15, -0.1) is 0 Å². The van der Waals surface area contributed by atoms with E-state index in [0.29, 0.717) is 0 Å². The fourth-order valence-corrected chi connectivity index (χ4v) is 12.3. The molecule has 0 unspecified atom stereocenters. The minimum Gasteiger partial charge on any atom is -0.0622 e. The second kappa shape index (κ2) is 17.3. The Kier molecular flexibility index (Phi) is 11.2. The van der Waals surface area contributed by atoms with Crippen molar-refractivity contribution in [3.63, 3.8) is 0 Å². The van der Waals surface area contributed by atoms with E-state index in [0.717, 1.165) is 0 Å². The van der Waals surface area contributed by atoms with Gasteiger partial charge in [0, 0.05) is 10.6 Å². The summed E-state index contributed by atoms with van der Waals surface area (Å²) in [7, 11) is -2.09. The molecule has 0 radical (unpaired) electrons. The van der Waals surface area contributed by atoms with Gasteiger partial charge in [-0.3, -0.25) is 0 Å². The highest BCUT2D eigenvalue weighted by Crippen LogP contribution is 2.60. The Morgan fingerprint density at radius 1 is 0.204 bits per heavy atom. The molecule has 8 aromatic carbocycles. The standard InChI is InChI=1S/C52H40P2/c1-9-25-41(26-10-1)49(51(43-29-13-3-14-30-43)53(45-33-17-5-18-34-45)46-35-19-6-20-36-46)50(42-27-11-2-12-28-42)52(44-31-15-4-16-32-44)54(47-37-21-7-22-38-47)48-39-23-8-24-40-48/h1-40H/b51-49-,52-50+. The number of allylic oxidation sites excluding steroid dienone is 2. The van der Waals surface area contributed by atoms with Crippen LogP contribution in [0.4, 0.5) is 0 Å². The minimum absolute atomic E-state index is 1.05. The summed E-state index contributed by atoms with van der Waals surface area (Å²) in [5.74, 6) is 0. The van der Waals surface area contributed by atoms with Gasteiger partial charge in [-0.2, -0.15) is 0 Å². The van der Waals surface area contributed by atoms with Gasteiger partial charge in [-0.1, -0.05) is 243 Å². The zero-order chi connectivity index (χ0) is 36.4. The van der Waals surface area contributed by atoms with Crippen LogP contribution in [0.2, 0.25) is 0 Å². The van der Waals surface area contributed by atoms with Crippen molar-refractivity contribution in [3.05, 3.63) is 265 Å². The lowest BCUT2D eigenvalue weighted by Gasteiger charge is -2.32. The molecule has 54 heavy (non-hydrogen) atoms. The SMILES string of the molecule is c1ccc(C(=C(\c2ccccc2)P(c2ccccc2)c2ccccc2)/C(=C(\c2ccccc2)P(c2ccccc2)c2ccccc2)c2ccccc2)cc1. The second-order valence-electron chi connectivity index (χ2n) is 12.9. The maximum absolute atomic E-state index is 2.31. The predicted octanol–water partition coefficient (Wildman–Crippen LogP) is 12.4. The van der Waals surface area contributed by atoms with E-state index >= 15 is 0 Å². The van der Waals surface area contributed by atoms with Crippen molar-refractivity contribution in [3.8, 4) is 0 Å². The molecule has 0 saturated heterocycles. The van der Waals surface area contributed by atoms with Crippen molar-refractivity contribution >= 4 is 58.8 Å². The zero-order valence-electron chi connectivity index (χ0n) is 30.0. The molecule has 0 atom stereocenters. The third-order valence-electron chi connectivity index (χ3n) is 9.45. The minimum atomic E-state index is -1.05. The molecular formula is C52H40P2. The molecule has 0 aliphatic rings. The molecule has 0 bridgehead atoms. The first-order valence-electron chi connectivity index (χ1n) is 18.4. The van der Waals surface area contributed by atoms with Crippen molar-refractivity contribution in [2.45, 2.75) is 0 Å². The largest absolute Gasteiger partial charge is 0.0622 e. The summed E-state index contributed by atoms with van der Waals surface area (Å²) < 4.78 is 0. The molecule has 0 amide bonds. The van der Waals surface area contributed by atoms with E-state index in [9.17, 15) is 0 Å². The summed E-state index contributed by atoms with van der Waals surface area (Å²) in [5, 5.41) is 7.91. The first-order valence-corrected chi connectivity index (χ1v) is 21.1. The fraction of sp³-hybridized carbons (Fsp3) is 0. The molecule has 8 aromatic rings. The molecule has 0 nitrogen and oxygen atoms in total. The number of benzene rings is 8. The lowest BCUT2D eigenvalue weighted by Crippen LogP contribution is -2.16. The monoisotopic (exact) mass is 726 g/mol. The van der Waals surface area contributed by atoms with E-state index in [1.807, 2.05) is 0 Å². The Labute approximate surface area is 322 Å². The first kappa shape index (κ1) is 35.1. The lowest BCUT2D eigenvalue weighted by atomic mass is 9.89. The van der Waals surface area contributed by atoms with Gasteiger partial charge in [0.1, 0.15) is 0 Å². The van der Waals surface area contributed by atoms with Crippen LogP contribution in [-0.4, -0.2) is 0 Å². The normalized spacial score (nSPS) is 12.3. The predicted molar refractivity (Wildman–Crippen MR) is 238 cm³/mol. The molecule has 0 aromatic heterocycles. The Morgan fingerprint density at radius 3 is 0.611 bits per heavy atom. The molecule has 258 valence electrons. The molecule has 0 fully saturated rings. The number of hydrogen-bond donors (Lipinski definition) is 0. The maximum Gasteiger partial charge on any atom is 0.000641 e. The van der Waals surface area contributed by atoms with Gasteiger partial charge in [-0.25, -0.2) is 0 Å². The fourth-order valence-electron chi connectivity index (χ4n) is 7.09. The molecule has 0 aliphatic heterocycles. The Balaban J connectivity index is 1.64. The second-order valence-corrected chi connectivity index (χ2v) is 17.2. The molecule has 0 saturated carbocycles. The quantitative estimate of drug-likeness (QED) is 0.0707. The van der Waals surface area contributed by atoms with Crippen LogP contribution in [0, 0.1) is 0 Å². The van der Waals surface area contributed by atoms with Crippen LogP contribution in [0.15, 0.2) is 243 Å². The Hall–Kier alpha value is -5.90. The van der Waals surface area contributed by atoms with E-state index in [-0.39, 0.29) is 0 Å². The molecule has 8 rings (SSSR count). The third-order valence-corrected chi connectivity index (χ3v) is 14.6. The van der Waals surface area contributed by atoms with Crippen molar-refractivity contribution < 1.29 is 0 Å². The maximum atomic E-state index is 2.31. The Morgan fingerprint density at radius 2 is 0.389 bits per heavy atom. The molecule has 2 heteroatoms. The molecule has 0 aliphatic carbocycles. The van der Waals surface area contributed by atoms with E-state index in [4.69, 9.17) is 0 Å². The van der Waals surface area contributed by atoms with E-state index in [1.165, 1.54) is 65.2 Å². The summed E-state index contributed by atoms with van der Waals surface area (Å²) in [6, 6.07) is 89.0. The third kappa shape index (κ3) is 7.74. The van der Waals surface area contributed by atoms with Gasteiger partial charge < -0.3 is 0 Å². The summed E-state index contributed by atoms with van der Waals surface area (Å²) in [4.78, 5) is 0. The van der Waals surface area contributed by atoms with Crippen LogP contribution in [0.1, 0.15) is 22.3 Å². The van der Waals surface area contributed by atoms with E-state index < -0.39 is 15.8 Å².